The van der Waals surface area contributed by atoms with Gasteiger partial charge in [0.2, 0.25) is 0 Å². The molecule has 0 aromatic heterocycles. The SMILES string of the molecule is O=C(Nc1ccc(Cl)cc1F)c1ccc(O)cc1F. The van der Waals surface area contributed by atoms with Crippen LogP contribution in [0, 0.1) is 11.6 Å². The molecule has 0 radical (unpaired) electrons. The number of benzene rings is 2. The van der Waals surface area contributed by atoms with Crippen LogP contribution in [0.2, 0.25) is 5.02 Å². The van der Waals surface area contributed by atoms with Crippen molar-refractivity contribution in [3.05, 3.63) is 58.6 Å². The van der Waals surface area contributed by atoms with Crippen molar-refractivity contribution in [3.8, 4) is 5.75 Å². The molecule has 0 bridgehead atoms. The molecule has 2 N–H and O–H groups in total. The van der Waals surface area contributed by atoms with Crippen LogP contribution in [-0.2, 0) is 0 Å². The molecular formula is C13H8ClF2NO2. The van der Waals surface area contributed by atoms with Crippen molar-refractivity contribution in [1.29, 1.82) is 0 Å². The lowest BCUT2D eigenvalue weighted by Crippen LogP contribution is -2.14. The minimum absolute atomic E-state index is 0.109. The summed E-state index contributed by atoms with van der Waals surface area (Å²) in [6.45, 7) is 0. The first-order valence-electron chi connectivity index (χ1n) is 5.22. The van der Waals surface area contributed by atoms with E-state index in [9.17, 15) is 13.6 Å². The van der Waals surface area contributed by atoms with Gasteiger partial charge in [0.25, 0.3) is 5.91 Å². The third-order valence-electron chi connectivity index (χ3n) is 2.38. The molecule has 2 rings (SSSR count). The van der Waals surface area contributed by atoms with Crippen LogP contribution in [0.1, 0.15) is 10.4 Å². The van der Waals surface area contributed by atoms with Gasteiger partial charge in [-0.25, -0.2) is 8.78 Å². The standard InChI is InChI=1S/C13H8ClF2NO2/c14-7-1-4-12(11(16)5-7)17-13(19)9-3-2-8(18)6-10(9)15/h1-6,18H,(H,17,19). The van der Waals surface area contributed by atoms with Gasteiger partial charge in [-0.05, 0) is 30.3 Å². The largest absolute Gasteiger partial charge is 0.508 e. The molecular weight excluding hydrogens is 276 g/mol. The number of aromatic hydroxyl groups is 1. The number of phenolic OH excluding ortho intramolecular Hbond substituents is 1. The van der Waals surface area contributed by atoms with E-state index in [0.717, 1.165) is 24.3 Å². The first kappa shape index (κ1) is 13.3. The molecule has 2 aromatic rings. The van der Waals surface area contributed by atoms with E-state index >= 15 is 0 Å². The number of hydrogen-bond donors (Lipinski definition) is 2. The molecule has 0 spiro atoms. The van der Waals surface area contributed by atoms with Crippen LogP contribution in [-0.4, -0.2) is 11.0 Å². The summed E-state index contributed by atoms with van der Waals surface area (Å²) in [5.74, 6) is -2.74. The van der Waals surface area contributed by atoms with Gasteiger partial charge >= 0.3 is 0 Å². The van der Waals surface area contributed by atoms with E-state index in [1.807, 2.05) is 0 Å². The highest BCUT2D eigenvalue weighted by Gasteiger charge is 2.14. The first-order valence-corrected chi connectivity index (χ1v) is 5.60. The maximum atomic E-state index is 13.5. The van der Waals surface area contributed by atoms with Crippen LogP contribution in [0.3, 0.4) is 0 Å². The Hall–Kier alpha value is -2.14. The van der Waals surface area contributed by atoms with Crippen molar-refractivity contribution in [2.45, 2.75) is 0 Å². The van der Waals surface area contributed by atoms with Gasteiger partial charge in [-0.1, -0.05) is 11.6 Å². The number of hydrogen-bond acceptors (Lipinski definition) is 2. The third-order valence-corrected chi connectivity index (χ3v) is 2.61. The van der Waals surface area contributed by atoms with Crippen molar-refractivity contribution in [3.63, 3.8) is 0 Å². The predicted octanol–water partition coefficient (Wildman–Crippen LogP) is 3.58. The van der Waals surface area contributed by atoms with Crippen molar-refractivity contribution < 1.29 is 18.7 Å². The summed E-state index contributed by atoms with van der Waals surface area (Å²) in [5, 5.41) is 11.4. The monoisotopic (exact) mass is 283 g/mol. The molecule has 3 nitrogen and oxygen atoms in total. The smallest absolute Gasteiger partial charge is 0.258 e. The number of phenols is 1. The molecule has 19 heavy (non-hydrogen) atoms. The van der Waals surface area contributed by atoms with E-state index in [-0.39, 0.29) is 22.0 Å². The molecule has 0 unspecified atom stereocenters. The van der Waals surface area contributed by atoms with Crippen molar-refractivity contribution in [1.82, 2.24) is 0 Å². The summed E-state index contributed by atoms with van der Waals surface area (Å²) in [4.78, 5) is 11.8. The minimum Gasteiger partial charge on any atom is -0.508 e. The highest BCUT2D eigenvalue weighted by Crippen LogP contribution is 2.21. The van der Waals surface area contributed by atoms with Gasteiger partial charge < -0.3 is 10.4 Å². The molecule has 0 saturated heterocycles. The van der Waals surface area contributed by atoms with Gasteiger partial charge in [-0.3, -0.25) is 4.79 Å². The second-order valence-electron chi connectivity index (χ2n) is 3.74. The average Bonchev–Trinajstić information content (AvgIpc) is 2.32. The number of rotatable bonds is 2. The summed E-state index contributed by atoms with van der Waals surface area (Å²) in [7, 11) is 0. The Labute approximate surface area is 112 Å². The molecule has 0 fully saturated rings. The summed E-state index contributed by atoms with van der Waals surface area (Å²) in [6, 6.07) is 6.77. The number of nitrogens with one attached hydrogen (secondary N) is 1. The fraction of sp³-hybridized carbons (Fsp3) is 0. The maximum Gasteiger partial charge on any atom is 0.258 e. The van der Waals surface area contributed by atoms with Gasteiger partial charge in [0.1, 0.15) is 17.4 Å². The van der Waals surface area contributed by atoms with Gasteiger partial charge in [-0.2, -0.15) is 0 Å². The molecule has 0 aliphatic heterocycles. The van der Waals surface area contributed by atoms with Crippen molar-refractivity contribution >= 4 is 23.2 Å². The van der Waals surface area contributed by atoms with Gasteiger partial charge in [-0.15, -0.1) is 0 Å². The van der Waals surface area contributed by atoms with Crippen LogP contribution in [0.15, 0.2) is 36.4 Å². The highest BCUT2D eigenvalue weighted by atomic mass is 35.5. The van der Waals surface area contributed by atoms with Crippen LogP contribution >= 0.6 is 11.6 Å². The lowest BCUT2D eigenvalue weighted by Gasteiger charge is -2.07. The molecule has 0 saturated carbocycles. The maximum absolute atomic E-state index is 13.5. The molecule has 1 amide bonds. The van der Waals surface area contributed by atoms with E-state index in [4.69, 9.17) is 16.7 Å². The molecule has 0 atom stereocenters. The second-order valence-corrected chi connectivity index (χ2v) is 4.18. The van der Waals surface area contributed by atoms with Gasteiger partial charge in [0.15, 0.2) is 0 Å². The number of amides is 1. The lowest BCUT2D eigenvalue weighted by molar-refractivity contribution is 0.102. The zero-order valence-corrected chi connectivity index (χ0v) is 10.2. The van der Waals surface area contributed by atoms with Crippen LogP contribution in [0.5, 0.6) is 5.75 Å². The zero-order valence-electron chi connectivity index (χ0n) is 9.45. The third kappa shape index (κ3) is 3.00. The molecule has 0 aliphatic rings. The van der Waals surface area contributed by atoms with Crippen LogP contribution in [0.25, 0.3) is 0 Å². The summed E-state index contributed by atoms with van der Waals surface area (Å²) in [6.07, 6.45) is 0. The normalized spacial score (nSPS) is 10.3. The number of carbonyl (C=O) groups is 1. The zero-order chi connectivity index (χ0) is 14.0. The quantitative estimate of drug-likeness (QED) is 0.885. The Balaban J connectivity index is 2.25. The van der Waals surface area contributed by atoms with Crippen LogP contribution < -0.4 is 5.32 Å². The molecule has 0 aliphatic carbocycles. The second kappa shape index (κ2) is 5.24. The highest BCUT2D eigenvalue weighted by molar-refractivity contribution is 6.30. The summed E-state index contributed by atoms with van der Waals surface area (Å²) < 4.78 is 26.9. The van der Waals surface area contributed by atoms with E-state index in [2.05, 4.69) is 5.32 Å². The fourth-order valence-corrected chi connectivity index (χ4v) is 1.63. The van der Waals surface area contributed by atoms with E-state index < -0.39 is 17.5 Å². The molecule has 98 valence electrons. The Morgan fingerprint density at radius 1 is 1.11 bits per heavy atom. The molecule has 2 aromatic carbocycles. The van der Waals surface area contributed by atoms with Gasteiger partial charge in [0.05, 0.1) is 11.3 Å². The van der Waals surface area contributed by atoms with E-state index in [1.165, 1.54) is 12.1 Å². The number of halogens is 3. The first-order chi connectivity index (χ1) is 8.97. The van der Waals surface area contributed by atoms with Crippen molar-refractivity contribution in [2.75, 3.05) is 5.32 Å². The van der Waals surface area contributed by atoms with E-state index in [1.54, 1.807) is 0 Å². The van der Waals surface area contributed by atoms with Crippen LogP contribution in [0.4, 0.5) is 14.5 Å². The summed E-state index contributed by atoms with van der Waals surface area (Å²) in [5.41, 5.74) is -0.408. The Bertz CT molecular complexity index is 647. The fourth-order valence-electron chi connectivity index (χ4n) is 1.47. The van der Waals surface area contributed by atoms with Crippen molar-refractivity contribution in [2.24, 2.45) is 0 Å². The number of carbonyl (C=O) groups excluding carboxylic acids is 1. The Kier molecular flexibility index (Phi) is 3.66. The summed E-state index contributed by atoms with van der Waals surface area (Å²) >= 11 is 5.57. The number of anilines is 1. The average molecular weight is 284 g/mol. The molecule has 0 heterocycles. The van der Waals surface area contributed by atoms with E-state index in [0.29, 0.717) is 0 Å². The lowest BCUT2D eigenvalue weighted by atomic mass is 10.2. The Morgan fingerprint density at radius 3 is 2.47 bits per heavy atom. The topological polar surface area (TPSA) is 49.3 Å². The Morgan fingerprint density at radius 2 is 1.84 bits per heavy atom. The molecule has 6 heteroatoms. The van der Waals surface area contributed by atoms with Gasteiger partial charge in [0, 0.05) is 11.1 Å². The predicted molar refractivity (Wildman–Crippen MR) is 67.4 cm³/mol. The minimum atomic E-state index is -0.896.